The van der Waals surface area contributed by atoms with Gasteiger partial charge in [0.1, 0.15) is 0 Å². The maximum atomic E-state index is 2.71. The van der Waals surface area contributed by atoms with E-state index in [1.54, 1.807) is 0 Å². The maximum Gasteiger partial charge on any atom is 0.0195 e. The Balaban J connectivity index is 1.79. The Morgan fingerprint density at radius 3 is 2.41 bits per heavy atom. The average Bonchev–Trinajstić information content (AvgIpc) is 2.67. The highest BCUT2D eigenvalue weighted by molar-refractivity contribution is 4.84. The smallest absolute Gasteiger partial charge is 0.0195 e. The summed E-state index contributed by atoms with van der Waals surface area (Å²) in [4.78, 5) is 7.80. The van der Waals surface area contributed by atoms with Crippen LogP contribution in [-0.4, -0.2) is 73.1 Å². The lowest BCUT2D eigenvalue weighted by Crippen LogP contribution is -2.54. The minimum Gasteiger partial charge on any atom is -0.306 e. The molecule has 3 nitrogen and oxygen atoms in total. The van der Waals surface area contributed by atoms with Crippen molar-refractivity contribution < 1.29 is 0 Å². The average molecular weight is 239 g/mol. The first-order valence-electron chi connectivity index (χ1n) is 7.23. The molecule has 17 heavy (non-hydrogen) atoms. The third kappa shape index (κ3) is 3.43. The number of likely N-dealkylation sites (tertiary alicyclic amines) is 1. The molecule has 0 aromatic carbocycles. The van der Waals surface area contributed by atoms with Gasteiger partial charge in [-0.2, -0.15) is 0 Å². The molecule has 2 heterocycles. The number of piperazine rings is 1. The van der Waals surface area contributed by atoms with Crippen LogP contribution in [0, 0.1) is 5.92 Å². The molecule has 2 saturated heterocycles. The summed E-state index contributed by atoms with van der Waals surface area (Å²) in [7, 11) is 2.25. The van der Waals surface area contributed by atoms with Gasteiger partial charge in [-0.15, -0.1) is 0 Å². The van der Waals surface area contributed by atoms with Gasteiger partial charge in [-0.25, -0.2) is 0 Å². The maximum absolute atomic E-state index is 2.71. The first-order valence-corrected chi connectivity index (χ1v) is 7.23. The van der Waals surface area contributed by atoms with Crippen molar-refractivity contribution in [1.82, 2.24) is 14.7 Å². The van der Waals surface area contributed by atoms with E-state index in [1.807, 2.05) is 0 Å². The molecule has 0 bridgehead atoms. The van der Waals surface area contributed by atoms with E-state index in [9.17, 15) is 0 Å². The zero-order valence-electron chi connectivity index (χ0n) is 12.0. The number of nitrogens with zero attached hydrogens (tertiary/aromatic N) is 3. The molecule has 2 rings (SSSR count). The van der Waals surface area contributed by atoms with Gasteiger partial charge in [-0.3, -0.25) is 9.80 Å². The van der Waals surface area contributed by atoms with Crippen LogP contribution in [0.25, 0.3) is 0 Å². The van der Waals surface area contributed by atoms with Crippen molar-refractivity contribution in [3.63, 3.8) is 0 Å². The van der Waals surface area contributed by atoms with E-state index in [-0.39, 0.29) is 0 Å². The molecule has 0 N–H and O–H groups in total. The summed E-state index contributed by atoms with van der Waals surface area (Å²) >= 11 is 0. The van der Waals surface area contributed by atoms with Crippen LogP contribution in [0.2, 0.25) is 0 Å². The van der Waals surface area contributed by atoms with Gasteiger partial charge in [0, 0.05) is 44.8 Å². The lowest BCUT2D eigenvalue weighted by molar-refractivity contribution is 0.0549. The Labute approximate surface area is 107 Å². The van der Waals surface area contributed by atoms with Gasteiger partial charge < -0.3 is 4.90 Å². The molecule has 3 heteroatoms. The largest absolute Gasteiger partial charge is 0.306 e. The summed E-state index contributed by atoms with van der Waals surface area (Å²) in [6.07, 6.45) is 1.40. The normalized spacial score (nSPS) is 33.7. The van der Waals surface area contributed by atoms with Crippen molar-refractivity contribution >= 4 is 0 Å². The van der Waals surface area contributed by atoms with Crippen molar-refractivity contribution in [3.05, 3.63) is 0 Å². The van der Waals surface area contributed by atoms with Crippen molar-refractivity contribution in [1.29, 1.82) is 0 Å². The topological polar surface area (TPSA) is 9.72 Å². The third-order valence-corrected chi connectivity index (χ3v) is 4.51. The summed E-state index contributed by atoms with van der Waals surface area (Å²) in [5.74, 6) is 0.910. The van der Waals surface area contributed by atoms with Crippen LogP contribution in [0.3, 0.4) is 0 Å². The number of hydrogen-bond donors (Lipinski definition) is 0. The van der Waals surface area contributed by atoms with Gasteiger partial charge in [0.2, 0.25) is 0 Å². The lowest BCUT2D eigenvalue weighted by atomic mass is 10.1. The van der Waals surface area contributed by atoms with Crippen LogP contribution in [0.1, 0.15) is 27.2 Å². The molecule has 0 amide bonds. The van der Waals surface area contributed by atoms with E-state index in [0.29, 0.717) is 6.04 Å². The first-order chi connectivity index (χ1) is 8.06. The summed E-state index contributed by atoms with van der Waals surface area (Å²) in [6.45, 7) is 14.7. The molecular formula is C14H29N3. The molecule has 0 aromatic rings. The SMILES string of the molecule is CC(C)N1CCN(C[C@H]2CCN(C)C2)[C@H](C)C1. The standard InChI is InChI=1S/C14H29N3/c1-12(2)16-7-8-17(13(3)9-16)11-14-5-6-15(4)10-14/h12-14H,5-11H2,1-4H3/t13-,14+/m1/s1. The highest BCUT2D eigenvalue weighted by Crippen LogP contribution is 2.19. The van der Waals surface area contributed by atoms with Crippen LogP contribution >= 0.6 is 0 Å². The highest BCUT2D eigenvalue weighted by Gasteiger charge is 2.28. The van der Waals surface area contributed by atoms with Crippen LogP contribution < -0.4 is 0 Å². The summed E-state index contributed by atoms with van der Waals surface area (Å²) in [6, 6.07) is 1.44. The number of hydrogen-bond acceptors (Lipinski definition) is 3. The zero-order chi connectivity index (χ0) is 12.4. The second-order valence-electron chi connectivity index (χ2n) is 6.35. The quantitative estimate of drug-likeness (QED) is 0.736. The second kappa shape index (κ2) is 5.68. The fourth-order valence-electron chi connectivity index (χ4n) is 3.27. The molecular weight excluding hydrogens is 210 g/mol. The van der Waals surface area contributed by atoms with Crippen LogP contribution in [0.15, 0.2) is 0 Å². The fraction of sp³-hybridized carbons (Fsp3) is 1.00. The third-order valence-electron chi connectivity index (χ3n) is 4.51. The Kier molecular flexibility index (Phi) is 4.45. The van der Waals surface area contributed by atoms with E-state index in [2.05, 4.69) is 42.5 Å². The molecule has 2 aliphatic rings. The predicted molar refractivity (Wildman–Crippen MR) is 73.3 cm³/mol. The van der Waals surface area contributed by atoms with Crippen LogP contribution in [-0.2, 0) is 0 Å². The minimum atomic E-state index is 0.706. The highest BCUT2D eigenvalue weighted by atomic mass is 15.3. The molecule has 0 saturated carbocycles. The van der Waals surface area contributed by atoms with E-state index in [0.717, 1.165) is 12.0 Å². The molecule has 2 atom stereocenters. The monoisotopic (exact) mass is 239 g/mol. The molecule has 0 aliphatic carbocycles. The van der Waals surface area contributed by atoms with Gasteiger partial charge in [-0.05, 0) is 46.7 Å². The molecule has 0 unspecified atom stereocenters. The Hall–Kier alpha value is -0.120. The van der Waals surface area contributed by atoms with Gasteiger partial charge in [-0.1, -0.05) is 0 Å². The Morgan fingerprint density at radius 2 is 1.88 bits per heavy atom. The molecule has 100 valence electrons. The van der Waals surface area contributed by atoms with E-state index in [4.69, 9.17) is 0 Å². The van der Waals surface area contributed by atoms with E-state index in [1.165, 1.54) is 45.7 Å². The zero-order valence-corrected chi connectivity index (χ0v) is 12.0. The summed E-state index contributed by atoms with van der Waals surface area (Å²) in [5, 5.41) is 0. The predicted octanol–water partition coefficient (Wildman–Crippen LogP) is 1.35. The second-order valence-corrected chi connectivity index (χ2v) is 6.35. The summed E-state index contributed by atoms with van der Waals surface area (Å²) < 4.78 is 0. The van der Waals surface area contributed by atoms with E-state index >= 15 is 0 Å². The fourth-order valence-corrected chi connectivity index (χ4v) is 3.27. The first kappa shape index (κ1) is 13.3. The van der Waals surface area contributed by atoms with Gasteiger partial charge in [0.25, 0.3) is 0 Å². The lowest BCUT2D eigenvalue weighted by Gasteiger charge is -2.42. The Morgan fingerprint density at radius 1 is 1.12 bits per heavy atom. The molecule has 0 aromatic heterocycles. The van der Waals surface area contributed by atoms with Crippen molar-refractivity contribution in [2.24, 2.45) is 5.92 Å². The van der Waals surface area contributed by atoms with E-state index < -0.39 is 0 Å². The van der Waals surface area contributed by atoms with Gasteiger partial charge in [0.15, 0.2) is 0 Å². The van der Waals surface area contributed by atoms with Crippen molar-refractivity contribution in [2.45, 2.75) is 39.3 Å². The molecule has 0 radical (unpaired) electrons. The van der Waals surface area contributed by atoms with Crippen molar-refractivity contribution in [2.75, 3.05) is 46.3 Å². The molecule has 2 fully saturated rings. The molecule has 2 aliphatic heterocycles. The van der Waals surface area contributed by atoms with Gasteiger partial charge >= 0.3 is 0 Å². The minimum absolute atomic E-state index is 0.706. The van der Waals surface area contributed by atoms with Gasteiger partial charge in [0.05, 0.1) is 0 Å². The number of rotatable bonds is 3. The van der Waals surface area contributed by atoms with Crippen LogP contribution in [0.4, 0.5) is 0 Å². The summed E-state index contributed by atoms with van der Waals surface area (Å²) in [5.41, 5.74) is 0. The van der Waals surface area contributed by atoms with Crippen molar-refractivity contribution in [3.8, 4) is 0 Å². The van der Waals surface area contributed by atoms with Crippen LogP contribution in [0.5, 0.6) is 0 Å². The Bertz CT molecular complexity index is 242. The molecule has 0 spiro atoms.